The van der Waals surface area contributed by atoms with Gasteiger partial charge < -0.3 is 19.1 Å². The number of methoxy groups -OCH3 is 1. The Balaban J connectivity index is 1.65. The van der Waals surface area contributed by atoms with Crippen molar-refractivity contribution in [3.8, 4) is 11.5 Å². The van der Waals surface area contributed by atoms with Gasteiger partial charge in [-0.1, -0.05) is 6.07 Å². The molecule has 1 aromatic carbocycles. The third-order valence-electron chi connectivity index (χ3n) is 3.90. The van der Waals surface area contributed by atoms with Gasteiger partial charge in [0.1, 0.15) is 12.1 Å². The number of ether oxygens (including phenoxy) is 3. The number of anilines is 1. The molecule has 0 amide bonds. The van der Waals surface area contributed by atoms with E-state index in [9.17, 15) is 0 Å². The number of rotatable bonds is 6. The summed E-state index contributed by atoms with van der Waals surface area (Å²) in [6, 6.07) is 5.95. The van der Waals surface area contributed by atoms with E-state index in [0.717, 1.165) is 28.3 Å². The molecule has 0 saturated carbocycles. The van der Waals surface area contributed by atoms with Gasteiger partial charge in [-0.15, -0.1) is 0 Å². The Hall–Kier alpha value is -2.87. The molecular formula is C16H17N5O3. The van der Waals surface area contributed by atoms with Crippen LogP contribution in [0.1, 0.15) is 5.56 Å². The maximum Gasteiger partial charge on any atom is 0.231 e. The number of nitrogens with zero attached hydrogens (tertiary/aromatic N) is 4. The van der Waals surface area contributed by atoms with E-state index in [2.05, 4.69) is 25.1 Å². The van der Waals surface area contributed by atoms with Crippen LogP contribution in [0.2, 0.25) is 0 Å². The molecule has 0 fully saturated rings. The highest BCUT2D eigenvalue weighted by Gasteiger charge is 2.17. The van der Waals surface area contributed by atoms with Crippen molar-refractivity contribution in [2.75, 3.05) is 32.0 Å². The molecule has 0 unspecified atom stereocenters. The average molecular weight is 327 g/mol. The van der Waals surface area contributed by atoms with Crippen molar-refractivity contribution in [3.05, 3.63) is 36.3 Å². The zero-order valence-electron chi connectivity index (χ0n) is 13.2. The normalized spacial score (nSPS) is 12.7. The fourth-order valence-electron chi connectivity index (χ4n) is 2.73. The van der Waals surface area contributed by atoms with Crippen molar-refractivity contribution in [3.63, 3.8) is 0 Å². The average Bonchev–Trinajstić information content (AvgIpc) is 3.26. The second kappa shape index (κ2) is 6.32. The lowest BCUT2D eigenvalue weighted by Crippen LogP contribution is -2.27. The highest BCUT2D eigenvalue weighted by molar-refractivity contribution is 5.86. The predicted molar refractivity (Wildman–Crippen MR) is 87.2 cm³/mol. The van der Waals surface area contributed by atoms with E-state index in [0.29, 0.717) is 25.3 Å². The van der Waals surface area contributed by atoms with E-state index in [1.807, 2.05) is 18.2 Å². The predicted octanol–water partition coefficient (Wildman–Crippen LogP) is 1.73. The highest BCUT2D eigenvalue weighted by Crippen LogP contribution is 2.33. The Morgan fingerprint density at radius 3 is 3.08 bits per heavy atom. The lowest BCUT2D eigenvalue weighted by molar-refractivity contribution is 0.174. The molecule has 0 spiro atoms. The number of benzene rings is 1. The molecule has 2 aromatic heterocycles. The smallest absolute Gasteiger partial charge is 0.231 e. The molecule has 1 aliphatic heterocycles. The molecule has 3 aromatic rings. The van der Waals surface area contributed by atoms with E-state index in [1.165, 1.54) is 6.33 Å². The van der Waals surface area contributed by atoms with Crippen LogP contribution < -0.4 is 14.4 Å². The van der Waals surface area contributed by atoms with Gasteiger partial charge in [0.05, 0.1) is 18.2 Å². The zero-order valence-corrected chi connectivity index (χ0v) is 13.2. The lowest BCUT2D eigenvalue weighted by Gasteiger charge is -2.24. The zero-order chi connectivity index (χ0) is 16.4. The molecule has 3 heterocycles. The van der Waals surface area contributed by atoms with Crippen LogP contribution in [0.3, 0.4) is 0 Å². The maximum atomic E-state index is 5.46. The van der Waals surface area contributed by atoms with Crippen molar-refractivity contribution in [1.82, 2.24) is 20.2 Å². The second-order valence-corrected chi connectivity index (χ2v) is 5.43. The minimum Gasteiger partial charge on any atom is -0.454 e. The lowest BCUT2D eigenvalue weighted by atomic mass is 10.2. The Morgan fingerprint density at radius 1 is 1.25 bits per heavy atom. The standard InChI is InChI=1S/C16H17N5O3/c1-22-5-4-21(16-12-7-19-20-15(12)17-9-18-16)8-11-2-3-13-14(6-11)24-10-23-13/h2-3,6-7,9H,4-5,8,10H2,1H3,(H,17,18,19,20). The van der Waals surface area contributed by atoms with Crippen LogP contribution in [0.15, 0.2) is 30.7 Å². The molecule has 0 radical (unpaired) electrons. The van der Waals surface area contributed by atoms with Crippen molar-refractivity contribution >= 4 is 16.9 Å². The Bertz CT molecular complexity index is 851. The first-order valence-corrected chi connectivity index (χ1v) is 7.61. The number of hydrogen-bond donors (Lipinski definition) is 1. The topological polar surface area (TPSA) is 85.4 Å². The van der Waals surface area contributed by atoms with Gasteiger partial charge in [0.25, 0.3) is 0 Å². The van der Waals surface area contributed by atoms with Crippen molar-refractivity contribution in [2.45, 2.75) is 6.54 Å². The van der Waals surface area contributed by atoms with Crippen LogP contribution in [0, 0.1) is 0 Å². The van der Waals surface area contributed by atoms with Gasteiger partial charge in [0.2, 0.25) is 6.79 Å². The van der Waals surface area contributed by atoms with Gasteiger partial charge in [-0.05, 0) is 17.7 Å². The molecule has 0 saturated heterocycles. The molecule has 124 valence electrons. The molecule has 0 bridgehead atoms. The molecule has 24 heavy (non-hydrogen) atoms. The third kappa shape index (κ3) is 2.71. The largest absolute Gasteiger partial charge is 0.454 e. The summed E-state index contributed by atoms with van der Waals surface area (Å²) in [5.41, 5.74) is 1.82. The quantitative estimate of drug-likeness (QED) is 0.738. The summed E-state index contributed by atoms with van der Waals surface area (Å²) in [7, 11) is 1.69. The van der Waals surface area contributed by atoms with Crippen LogP contribution in [0.5, 0.6) is 11.5 Å². The monoisotopic (exact) mass is 327 g/mol. The molecule has 1 N–H and O–H groups in total. The van der Waals surface area contributed by atoms with Gasteiger partial charge in [-0.25, -0.2) is 9.97 Å². The van der Waals surface area contributed by atoms with Crippen LogP contribution >= 0.6 is 0 Å². The van der Waals surface area contributed by atoms with Crippen LogP contribution in [0.25, 0.3) is 11.0 Å². The summed E-state index contributed by atoms with van der Waals surface area (Å²) in [6.07, 6.45) is 3.28. The van der Waals surface area contributed by atoms with Crippen molar-refractivity contribution in [2.24, 2.45) is 0 Å². The number of H-pyrrole nitrogens is 1. The number of fused-ring (bicyclic) bond motifs is 2. The summed E-state index contributed by atoms with van der Waals surface area (Å²) in [6.45, 7) is 2.22. The minimum absolute atomic E-state index is 0.272. The molecular weight excluding hydrogens is 310 g/mol. The van der Waals surface area contributed by atoms with Crippen molar-refractivity contribution < 1.29 is 14.2 Å². The molecule has 8 heteroatoms. The number of nitrogens with one attached hydrogen (secondary N) is 1. The van der Waals surface area contributed by atoms with Crippen LogP contribution in [-0.2, 0) is 11.3 Å². The third-order valence-corrected chi connectivity index (χ3v) is 3.90. The molecule has 1 aliphatic rings. The fraction of sp³-hybridized carbons (Fsp3) is 0.312. The second-order valence-electron chi connectivity index (χ2n) is 5.43. The van der Waals surface area contributed by atoms with E-state index < -0.39 is 0 Å². The van der Waals surface area contributed by atoms with E-state index in [4.69, 9.17) is 14.2 Å². The number of aromatic amines is 1. The Morgan fingerprint density at radius 2 is 2.17 bits per heavy atom. The molecule has 4 rings (SSSR count). The molecule has 0 atom stereocenters. The van der Waals surface area contributed by atoms with Gasteiger partial charge >= 0.3 is 0 Å². The SMILES string of the molecule is COCCN(Cc1ccc2c(c1)OCO2)c1ncnc2[nH]ncc12. The first kappa shape index (κ1) is 14.7. The van der Waals surface area contributed by atoms with Crippen LogP contribution in [0.4, 0.5) is 5.82 Å². The first-order chi connectivity index (χ1) is 11.8. The first-order valence-electron chi connectivity index (χ1n) is 7.61. The summed E-state index contributed by atoms with van der Waals surface area (Å²) < 4.78 is 16.1. The summed E-state index contributed by atoms with van der Waals surface area (Å²) in [4.78, 5) is 10.8. The molecule has 0 aliphatic carbocycles. The Labute approximate surface area is 138 Å². The van der Waals surface area contributed by atoms with Crippen molar-refractivity contribution in [1.29, 1.82) is 0 Å². The van der Waals surface area contributed by atoms with E-state index in [-0.39, 0.29) is 6.79 Å². The molecule has 8 nitrogen and oxygen atoms in total. The fourth-order valence-corrected chi connectivity index (χ4v) is 2.73. The van der Waals surface area contributed by atoms with Gasteiger partial charge in [-0.2, -0.15) is 5.10 Å². The minimum atomic E-state index is 0.272. The maximum absolute atomic E-state index is 5.46. The number of hydrogen-bond acceptors (Lipinski definition) is 7. The van der Waals surface area contributed by atoms with Gasteiger partial charge in [0.15, 0.2) is 17.1 Å². The Kier molecular flexibility index (Phi) is 3.87. The van der Waals surface area contributed by atoms with Crippen LogP contribution in [-0.4, -0.2) is 47.2 Å². The van der Waals surface area contributed by atoms with E-state index in [1.54, 1.807) is 13.3 Å². The van der Waals surface area contributed by atoms with Gasteiger partial charge in [-0.3, -0.25) is 5.10 Å². The summed E-state index contributed by atoms with van der Waals surface area (Å²) >= 11 is 0. The highest BCUT2D eigenvalue weighted by atomic mass is 16.7. The number of aromatic nitrogens is 4. The summed E-state index contributed by atoms with van der Waals surface area (Å²) in [5, 5.41) is 7.81. The summed E-state index contributed by atoms with van der Waals surface area (Å²) in [5.74, 6) is 2.38. The van der Waals surface area contributed by atoms with Gasteiger partial charge in [0, 0.05) is 20.2 Å². The van der Waals surface area contributed by atoms with E-state index >= 15 is 0 Å².